The number of halogens is 1. The molecule has 108 valence electrons. The largest absolute Gasteiger partial charge is 0.305 e. The highest BCUT2D eigenvalue weighted by atomic mass is 79.9. The van der Waals surface area contributed by atoms with Gasteiger partial charge in [0.05, 0.1) is 22.4 Å². The van der Waals surface area contributed by atoms with Gasteiger partial charge in [0.1, 0.15) is 0 Å². The van der Waals surface area contributed by atoms with Crippen LogP contribution >= 0.6 is 15.9 Å². The Labute approximate surface area is 128 Å². The molecule has 0 aliphatic carbocycles. The number of hydrogen-bond donors (Lipinski definition) is 1. The highest BCUT2D eigenvalue weighted by Gasteiger charge is 2.21. The van der Waals surface area contributed by atoms with E-state index < -0.39 is 0 Å². The molecule has 0 aliphatic heterocycles. The van der Waals surface area contributed by atoms with Crippen LogP contribution in [0.2, 0.25) is 0 Å². The van der Waals surface area contributed by atoms with E-state index in [4.69, 9.17) is 0 Å². The quantitative estimate of drug-likeness (QED) is 0.910. The first kappa shape index (κ1) is 15.2. The molecule has 2 aromatic heterocycles. The van der Waals surface area contributed by atoms with Gasteiger partial charge in [0.25, 0.3) is 0 Å². The predicted octanol–water partition coefficient (Wildman–Crippen LogP) is 3.38. The van der Waals surface area contributed by atoms with E-state index in [2.05, 4.69) is 57.3 Å². The first-order valence-electron chi connectivity index (χ1n) is 6.96. The number of nitrogens with zero attached hydrogens (tertiary/aromatic N) is 3. The monoisotopic (exact) mass is 336 g/mol. The van der Waals surface area contributed by atoms with Crippen LogP contribution in [0.4, 0.5) is 0 Å². The van der Waals surface area contributed by atoms with Crippen molar-refractivity contribution in [2.24, 2.45) is 0 Å². The molecule has 2 rings (SSSR count). The van der Waals surface area contributed by atoms with Crippen LogP contribution in [0.15, 0.2) is 22.8 Å². The molecule has 2 aromatic rings. The Morgan fingerprint density at radius 1 is 1.25 bits per heavy atom. The lowest BCUT2D eigenvalue weighted by molar-refractivity contribution is 0.540. The summed E-state index contributed by atoms with van der Waals surface area (Å²) in [6, 6.07) is 4.40. The number of nitrogens with one attached hydrogen (secondary N) is 1. The number of aromatic nitrogens is 3. The lowest BCUT2D eigenvalue weighted by Gasteiger charge is -2.21. The van der Waals surface area contributed by atoms with Crippen LogP contribution in [0.1, 0.15) is 42.5 Å². The van der Waals surface area contributed by atoms with Crippen molar-refractivity contribution in [2.75, 3.05) is 6.54 Å². The zero-order chi connectivity index (χ0) is 14.7. The van der Waals surface area contributed by atoms with E-state index in [0.29, 0.717) is 0 Å². The molecule has 1 atom stereocenters. The molecule has 2 heterocycles. The SMILES string of the molecule is CCNC(c1cc(C)nc(C)c1)c1c(Br)cnn1CC. The van der Waals surface area contributed by atoms with Crippen LogP contribution in [-0.4, -0.2) is 21.3 Å². The minimum Gasteiger partial charge on any atom is -0.305 e. The molecule has 0 amide bonds. The van der Waals surface area contributed by atoms with Gasteiger partial charge in [-0.25, -0.2) is 0 Å². The van der Waals surface area contributed by atoms with Gasteiger partial charge in [0, 0.05) is 17.9 Å². The van der Waals surface area contributed by atoms with Gasteiger partial charge in [-0.2, -0.15) is 5.10 Å². The maximum absolute atomic E-state index is 4.46. The van der Waals surface area contributed by atoms with E-state index in [9.17, 15) is 0 Å². The maximum Gasteiger partial charge on any atom is 0.0761 e. The summed E-state index contributed by atoms with van der Waals surface area (Å²) in [4.78, 5) is 4.46. The average molecular weight is 337 g/mol. The maximum atomic E-state index is 4.46. The van der Waals surface area contributed by atoms with Crippen molar-refractivity contribution >= 4 is 15.9 Å². The first-order valence-corrected chi connectivity index (χ1v) is 7.75. The molecule has 5 heteroatoms. The minimum absolute atomic E-state index is 0.122. The zero-order valence-corrected chi connectivity index (χ0v) is 14.0. The lowest BCUT2D eigenvalue weighted by Crippen LogP contribution is -2.25. The van der Waals surface area contributed by atoms with Crippen molar-refractivity contribution in [3.05, 3.63) is 45.4 Å². The molecule has 0 radical (unpaired) electrons. The van der Waals surface area contributed by atoms with Crippen LogP contribution in [0.5, 0.6) is 0 Å². The molecule has 1 unspecified atom stereocenters. The summed E-state index contributed by atoms with van der Waals surface area (Å²) in [5, 5.41) is 7.97. The Morgan fingerprint density at radius 3 is 2.45 bits per heavy atom. The average Bonchev–Trinajstić information content (AvgIpc) is 2.76. The molecule has 4 nitrogen and oxygen atoms in total. The lowest BCUT2D eigenvalue weighted by atomic mass is 10.0. The highest BCUT2D eigenvalue weighted by Crippen LogP contribution is 2.29. The molecule has 0 aliphatic rings. The normalized spacial score (nSPS) is 12.7. The fraction of sp³-hybridized carbons (Fsp3) is 0.467. The van der Waals surface area contributed by atoms with Gasteiger partial charge in [0.2, 0.25) is 0 Å². The van der Waals surface area contributed by atoms with Crippen molar-refractivity contribution < 1.29 is 0 Å². The van der Waals surface area contributed by atoms with Crippen LogP contribution < -0.4 is 5.32 Å². The molecule has 0 spiro atoms. The second-order valence-corrected chi connectivity index (χ2v) is 5.72. The summed E-state index contributed by atoms with van der Waals surface area (Å²) in [5.74, 6) is 0. The van der Waals surface area contributed by atoms with E-state index in [1.165, 1.54) is 11.3 Å². The molecule has 1 N–H and O–H groups in total. The van der Waals surface area contributed by atoms with Crippen LogP contribution in [-0.2, 0) is 6.54 Å². The van der Waals surface area contributed by atoms with E-state index in [1.54, 1.807) is 0 Å². The standard InChI is InChI=1S/C15H21BrN4/c1-5-17-14(12-7-10(3)19-11(4)8-12)15-13(16)9-18-20(15)6-2/h7-9,14,17H,5-6H2,1-4H3. The topological polar surface area (TPSA) is 42.7 Å². The van der Waals surface area contributed by atoms with Gasteiger partial charge in [-0.1, -0.05) is 6.92 Å². The molecule has 0 fully saturated rings. The Morgan fingerprint density at radius 2 is 1.90 bits per heavy atom. The van der Waals surface area contributed by atoms with Gasteiger partial charge >= 0.3 is 0 Å². The summed E-state index contributed by atoms with van der Waals surface area (Å²) in [6.07, 6.45) is 1.87. The van der Waals surface area contributed by atoms with E-state index in [-0.39, 0.29) is 6.04 Å². The summed E-state index contributed by atoms with van der Waals surface area (Å²) in [7, 11) is 0. The first-order chi connectivity index (χ1) is 9.56. The molecule has 0 saturated heterocycles. The summed E-state index contributed by atoms with van der Waals surface area (Å²) < 4.78 is 3.07. The summed E-state index contributed by atoms with van der Waals surface area (Å²) >= 11 is 3.62. The number of pyridine rings is 1. The third-order valence-corrected chi connectivity index (χ3v) is 3.86. The summed E-state index contributed by atoms with van der Waals surface area (Å²) in [6.45, 7) is 10.0. The second kappa shape index (κ2) is 6.50. The second-order valence-electron chi connectivity index (χ2n) is 4.87. The van der Waals surface area contributed by atoms with Crippen LogP contribution in [0, 0.1) is 13.8 Å². The molecule has 20 heavy (non-hydrogen) atoms. The Hall–Kier alpha value is -1.20. The smallest absolute Gasteiger partial charge is 0.0761 e. The minimum atomic E-state index is 0.122. The van der Waals surface area contributed by atoms with E-state index in [1.807, 2.05) is 24.7 Å². The van der Waals surface area contributed by atoms with Gasteiger partial charge in [0.15, 0.2) is 0 Å². The van der Waals surface area contributed by atoms with E-state index in [0.717, 1.165) is 29.0 Å². The highest BCUT2D eigenvalue weighted by molar-refractivity contribution is 9.10. The van der Waals surface area contributed by atoms with Crippen molar-refractivity contribution in [1.82, 2.24) is 20.1 Å². The van der Waals surface area contributed by atoms with Crippen molar-refractivity contribution in [3.63, 3.8) is 0 Å². The van der Waals surface area contributed by atoms with Gasteiger partial charge in [-0.15, -0.1) is 0 Å². The number of aryl methyl sites for hydroxylation is 3. The fourth-order valence-electron chi connectivity index (χ4n) is 2.52. The summed E-state index contributed by atoms with van der Waals surface area (Å²) in [5.41, 5.74) is 4.48. The van der Waals surface area contributed by atoms with Crippen molar-refractivity contribution in [1.29, 1.82) is 0 Å². The third-order valence-electron chi connectivity index (χ3n) is 3.25. The van der Waals surface area contributed by atoms with Gasteiger partial charge < -0.3 is 5.32 Å². The molecular formula is C15H21BrN4. The molecular weight excluding hydrogens is 316 g/mol. The molecule has 0 bridgehead atoms. The zero-order valence-electron chi connectivity index (χ0n) is 12.4. The van der Waals surface area contributed by atoms with E-state index >= 15 is 0 Å². The Balaban J connectivity index is 2.52. The van der Waals surface area contributed by atoms with Gasteiger partial charge in [-0.05, 0) is 60.9 Å². The number of hydrogen-bond acceptors (Lipinski definition) is 3. The fourth-order valence-corrected chi connectivity index (χ4v) is 3.05. The van der Waals surface area contributed by atoms with Crippen LogP contribution in [0.3, 0.4) is 0 Å². The molecule has 0 saturated carbocycles. The predicted molar refractivity (Wildman–Crippen MR) is 84.8 cm³/mol. The van der Waals surface area contributed by atoms with Crippen LogP contribution in [0.25, 0.3) is 0 Å². The number of rotatable bonds is 5. The Bertz CT molecular complexity index is 571. The van der Waals surface area contributed by atoms with Crippen molar-refractivity contribution in [3.8, 4) is 0 Å². The molecule has 0 aromatic carbocycles. The Kier molecular flexibility index (Phi) is 4.94. The van der Waals surface area contributed by atoms with Gasteiger partial charge in [-0.3, -0.25) is 9.67 Å². The van der Waals surface area contributed by atoms with Crippen molar-refractivity contribution in [2.45, 2.75) is 40.3 Å². The third kappa shape index (κ3) is 3.10.